The van der Waals surface area contributed by atoms with Gasteiger partial charge in [-0.05, 0) is 26.8 Å². The van der Waals surface area contributed by atoms with Gasteiger partial charge in [-0.1, -0.05) is 0 Å². The molecule has 1 aromatic heterocycles. The van der Waals surface area contributed by atoms with Crippen LogP contribution in [0, 0.1) is 0 Å². The molecule has 5 nitrogen and oxygen atoms in total. The van der Waals surface area contributed by atoms with Gasteiger partial charge in [-0.3, -0.25) is 9.48 Å². The van der Waals surface area contributed by atoms with Crippen molar-refractivity contribution in [2.24, 2.45) is 7.05 Å². The number of nitrogens with one attached hydrogen (secondary N) is 1. The average Bonchev–Trinajstić information content (AvgIpc) is 2.56. The Bertz CT molecular complexity index is 366. The molecule has 17 heavy (non-hydrogen) atoms. The van der Waals surface area contributed by atoms with E-state index in [0.717, 1.165) is 5.69 Å². The van der Waals surface area contributed by atoms with Crippen LogP contribution in [0.1, 0.15) is 32.9 Å². The predicted molar refractivity (Wildman–Crippen MR) is 65.4 cm³/mol. The number of carbonyl (C=O) groups is 1. The van der Waals surface area contributed by atoms with Crippen LogP contribution in [0.15, 0.2) is 12.3 Å². The first-order chi connectivity index (χ1) is 7.88. The van der Waals surface area contributed by atoms with Crippen LogP contribution in [0.5, 0.6) is 0 Å². The van der Waals surface area contributed by atoms with E-state index >= 15 is 0 Å². The fraction of sp³-hybridized carbons (Fsp3) is 0.667. The number of aromatic nitrogens is 2. The van der Waals surface area contributed by atoms with Crippen molar-refractivity contribution in [1.29, 1.82) is 0 Å². The third-order valence-electron chi connectivity index (χ3n) is 2.15. The van der Waals surface area contributed by atoms with Gasteiger partial charge in [-0.2, -0.15) is 5.10 Å². The van der Waals surface area contributed by atoms with E-state index in [1.54, 1.807) is 10.9 Å². The molecular formula is C12H21N3O2. The van der Waals surface area contributed by atoms with Gasteiger partial charge in [0.15, 0.2) is 0 Å². The van der Waals surface area contributed by atoms with Crippen molar-refractivity contribution in [2.75, 3.05) is 6.54 Å². The number of rotatable bonds is 5. The van der Waals surface area contributed by atoms with E-state index in [0.29, 0.717) is 19.5 Å². The minimum atomic E-state index is -0.404. The Labute approximate surface area is 102 Å². The molecule has 0 aliphatic rings. The normalized spacial score (nSPS) is 11.5. The molecule has 0 bridgehead atoms. The van der Waals surface area contributed by atoms with Gasteiger partial charge >= 0.3 is 5.97 Å². The molecule has 0 aliphatic carbocycles. The highest BCUT2D eigenvalue weighted by molar-refractivity contribution is 5.70. The smallest absolute Gasteiger partial charge is 0.307 e. The number of esters is 1. The summed E-state index contributed by atoms with van der Waals surface area (Å²) in [6.07, 6.45) is 2.14. The Morgan fingerprint density at radius 2 is 2.24 bits per heavy atom. The van der Waals surface area contributed by atoms with Crippen LogP contribution in [0.3, 0.4) is 0 Å². The van der Waals surface area contributed by atoms with Crippen molar-refractivity contribution in [3.63, 3.8) is 0 Å². The quantitative estimate of drug-likeness (QED) is 0.620. The molecule has 0 fully saturated rings. The Morgan fingerprint density at radius 1 is 1.53 bits per heavy atom. The van der Waals surface area contributed by atoms with Gasteiger partial charge in [-0.15, -0.1) is 0 Å². The summed E-state index contributed by atoms with van der Waals surface area (Å²) >= 11 is 0. The van der Waals surface area contributed by atoms with Gasteiger partial charge < -0.3 is 10.1 Å². The summed E-state index contributed by atoms with van der Waals surface area (Å²) in [5, 5.41) is 7.25. The standard InChI is InChI=1S/C12H21N3O2/c1-12(2,3)17-11(16)6-7-13-9-10-5-8-14-15(10)4/h5,8,13H,6-7,9H2,1-4H3. The molecule has 1 aromatic rings. The number of nitrogens with zero attached hydrogens (tertiary/aromatic N) is 2. The van der Waals surface area contributed by atoms with Gasteiger partial charge in [0.25, 0.3) is 0 Å². The monoisotopic (exact) mass is 239 g/mol. The Balaban J connectivity index is 2.17. The van der Waals surface area contributed by atoms with E-state index in [-0.39, 0.29) is 5.97 Å². The molecular weight excluding hydrogens is 218 g/mol. The molecule has 0 radical (unpaired) electrons. The Hall–Kier alpha value is -1.36. The molecule has 0 saturated carbocycles. The van der Waals surface area contributed by atoms with Crippen molar-refractivity contribution in [3.8, 4) is 0 Å². The fourth-order valence-corrected chi connectivity index (χ4v) is 1.37. The van der Waals surface area contributed by atoms with Crippen LogP contribution < -0.4 is 5.32 Å². The highest BCUT2D eigenvalue weighted by Crippen LogP contribution is 2.07. The number of ether oxygens (including phenoxy) is 1. The van der Waals surface area contributed by atoms with E-state index in [2.05, 4.69) is 10.4 Å². The van der Waals surface area contributed by atoms with Gasteiger partial charge in [0.2, 0.25) is 0 Å². The third-order valence-corrected chi connectivity index (χ3v) is 2.15. The van der Waals surface area contributed by atoms with Crippen molar-refractivity contribution in [1.82, 2.24) is 15.1 Å². The largest absolute Gasteiger partial charge is 0.460 e. The summed E-state index contributed by atoms with van der Waals surface area (Å²) in [5.41, 5.74) is 0.688. The Morgan fingerprint density at radius 3 is 2.76 bits per heavy atom. The molecule has 1 heterocycles. The van der Waals surface area contributed by atoms with Gasteiger partial charge in [0, 0.05) is 26.3 Å². The fourth-order valence-electron chi connectivity index (χ4n) is 1.37. The molecule has 0 atom stereocenters. The number of carbonyl (C=O) groups excluding carboxylic acids is 1. The molecule has 0 aromatic carbocycles. The molecule has 1 N–H and O–H groups in total. The molecule has 5 heteroatoms. The van der Waals surface area contributed by atoms with E-state index in [4.69, 9.17) is 4.74 Å². The van der Waals surface area contributed by atoms with Crippen molar-refractivity contribution in [2.45, 2.75) is 39.3 Å². The van der Waals surface area contributed by atoms with E-state index < -0.39 is 5.60 Å². The molecule has 0 amide bonds. The topological polar surface area (TPSA) is 56.2 Å². The first-order valence-corrected chi connectivity index (χ1v) is 5.78. The summed E-state index contributed by atoms with van der Waals surface area (Å²) in [6, 6.07) is 1.94. The van der Waals surface area contributed by atoms with Crippen LogP contribution in [-0.2, 0) is 23.1 Å². The minimum absolute atomic E-state index is 0.171. The maximum Gasteiger partial charge on any atom is 0.307 e. The zero-order valence-corrected chi connectivity index (χ0v) is 11.0. The first-order valence-electron chi connectivity index (χ1n) is 5.78. The lowest BCUT2D eigenvalue weighted by Crippen LogP contribution is -2.26. The molecule has 96 valence electrons. The van der Waals surface area contributed by atoms with Gasteiger partial charge in [0.1, 0.15) is 5.60 Å². The highest BCUT2D eigenvalue weighted by atomic mass is 16.6. The van der Waals surface area contributed by atoms with Gasteiger partial charge in [-0.25, -0.2) is 0 Å². The van der Waals surface area contributed by atoms with Crippen LogP contribution in [0.25, 0.3) is 0 Å². The summed E-state index contributed by atoms with van der Waals surface area (Å²) in [5.74, 6) is -0.171. The molecule has 0 aliphatic heterocycles. The van der Waals surface area contributed by atoms with E-state index in [9.17, 15) is 4.79 Å². The molecule has 1 rings (SSSR count). The zero-order valence-electron chi connectivity index (χ0n) is 11.0. The van der Waals surface area contributed by atoms with Crippen molar-refractivity contribution in [3.05, 3.63) is 18.0 Å². The van der Waals surface area contributed by atoms with Crippen LogP contribution in [0.2, 0.25) is 0 Å². The van der Waals surface area contributed by atoms with Crippen molar-refractivity contribution < 1.29 is 9.53 Å². The Kier molecular flexibility index (Phi) is 4.69. The molecule has 0 unspecified atom stereocenters. The van der Waals surface area contributed by atoms with E-state index in [1.807, 2.05) is 33.9 Å². The summed E-state index contributed by atoms with van der Waals surface area (Å²) in [4.78, 5) is 11.4. The van der Waals surface area contributed by atoms with E-state index in [1.165, 1.54) is 0 Å². The minimum Gasteiger partial charge on any atom is -0.460 e. The lowest BCUT2D eigenvalue weighted by Gasteiger charge is -2.19. The van der Waals surface area contributed by atoms with Crippen LogP contribution in [-0.4, -0.2) is 27.9 Å². The second-order valence-corrected chi connectivity index (χ2v) is 4.96. The number of hydrogen-bond donors (Lipinski definition) is 1. The lowest BCUT2D eigenvalue weighted by molar-refractivity contribution is -0.154. The predicted octanol–water partition coefficient (Wildman–Crippen LogP) is 1.24. The lowest BCUT2D eigenvalue weighted by atomic mass is 10.2. The third kappa shape index (κ3) is 5.49. The number of hydrogen-bond acceptors (Lipinski definition) is 4. The summed E-state index contributed by atoms with van der Waals surface area (Å²) in [7, 11) is 1.89. The second-order valence-electron chi connectivity index (χ2n) is 4.96. The average molecular weight is 239 g/mol. The van der Waals surface area contributed by atoms with Crippen LogP contribution >= 0.6 is 0 Å². The maximum atomic E-state index is 11.4. The summed E-state index contributed by atoms with van der Waals surface area (Å²) in [6.45, 7) is 6.93. The number of aryl methyl sites for hydroxylation is 1. The van der Waals surface area contributed by atoms with Gasteiger partial charge in [0.05, 0.1) is 12.1 Å². The second kappa shape index (κ2) is 5.82. The van der Waals surface area contributed by atoms with Crippen LogP contribution in [0.4, 0.5) is 0 Å². The molecule has 0 saturated heterocycles. The molecule has 0 spiro atoms. The van der Waals surface area contributed by atoms with Crippen molar-refractivity contribution >= 4 is 5.97 Å². The zero-order chi connectivity index (χ0) is 12.9. The maximum absolute atomic E-state index is 11.4. The SMILES string of the molecule is Cn1nccc1CNCCC(=O)OC(C)(C)C. The first kappa shape index (κ1) is 13.7. The highest BCUT2D eigenvalue weighted by Gasteiger charge is 2.15. The summed E-state index contributed by atoms with van der Waals surface area (Å²) < 4.78 is 7.01.